The number of carbonyl (C=O) groups excluding carboxylic acids is 1. The van der Waals surface area contributed by atoms with Crippen molar-refractivity contribution in [1.29, 1.82) is 0 Å². The molecule has 1 aliphatic heterocycles. The van der Waals surface area contributed by atoms with Gasteiger partial charge in [-0.15, -0.1) is 0 Å². The second kappa shape index (κ2) is 8.92. The number of piperazine rings is 1. The Kier molecular flexibility index (Phi) is 5.91. The number of methoxy groups -OCH3 is 1. The number of carbonyl (C=O) groups is 1. The molecule has 1 aromatic heterocycles. The Morgan fingerprint density at radius 3 is 2.59 bits per heavy atom. The van der Waals surface area contributed by atoms with Crippen LogP contribution in [0.2, 0.25) is 0 Å². The SMILES string of the molecule is COc1cccc(-c2cc(CC(=O)N3CCN(Cc4ccccc4)CC3)no2)c1. The highest BCUT2D eigenvalue weighted by Crippen LogP contribution is 2.24. The van der Waals surface area contributed by atoms with Gasteiger partial charge in [0.15, 0.2) is 5.76 Å². The summed E-state index contributed by atoms with van der Waals surface area (Å²) in [7, 11) is 1.63. The van der Waals surface area contributed by atoms with E-state index in [4.69, 9.17) is 9.26 Å². The first-order valence-corrected chi connectivity index (χ1v) is 9.85. The maximum absolute atomic E-state index is 12.7. The normalized spacial score (nSPS) is 14.7. The van der Waals surface area contributed by atoms with Crippen molar-refractivity contribution >= 4 is 5.91 Å². The first-order valence-electron chi connectivity index (χ1n) is 9.85. The molecule has 1 fully saturated rings. The highest BCUT2D eigenvalue weighted by atomic mass is 16.5. The van der Waals surface area contributed by atoms with Gasteiger partial charge in [0.05, 0.1) is 19.2 Å². The molecule has 6 heteroatoms. The maximum atomic E-state index is 12.7. The predicted octanol–water partition coefficient (Wildman–Crippen LogP) is 3.24. The quantitative estimate of drug-likeness (QED) is 0.646. The molecule has 1 saturated heterocycles. The minimum absolute atomic E-state index is 0.0925. The fourth-order valence-corrected chi connectivity index (χ4v) is 3.57. The molecule has 0 saturated carbocycles. The molecule has 2 aromatic carbocycles. The minimum atomic E-state index is 0.0925. The smallest absolute Gasteiger partial charge is 0.228 e. The Morgan fingerprint density at radius 2 is 1.83 bits per heavy atom. The second-order valence-corrected chi connectivity index (χ2v) is 7.23. The van der Waals surface area contributed by atoms with Crippen LogP contribution in [0, 0.1) is 0 Å². The Hall–Kier alpha value is -3.12. The number of nitrogens with zero attached hydrogens (tertiary/aromatic N) is 3. The van der Waals surface area contributed by atoms with Crippen LogP contribution in [0.3, 0.4) is 0 Å². The van der Waals surface area contributed by atoms with Crippen LogP contribution in [0.5, 0.6) is 5.75 Å². The summed E-state index contributed by atoms with van der Waals surface area (Å²) in [5.41, 5.74) is 2.84. The molecule has 0 radical (unpaired) electrons. The molecule has 0 unspecified atom stereocenters. The zero-order valence-corrected chi connectivity index (χ0v) is 16.6. The predicted molar refractivity (Wildman–Crippen MR) is 110 cm³/mol. The molecule has 1 amide bonds. The van der Waals surface area contributed by atoms with Crippen LogP contribution in [0.25, 0.3) is 11.3 Å². The van der Waals surface area contributed by atoms with Crippen molar-refractivity contribution in [3.05, 3.63) is 71.9 Å². The van der Waals surface area contributed by atoms with Crippen LogP contribution < -0.4 is 4.74 Å². The number of hydrogen-bond donors (Lipinski definition) is 0. The van der Waals surface area contributed by atoms with E-state index in [-0.39, 0.29) is 12.3 Å². The van der Waals surface area contributed by atoms with Crippen LogP contribution in [0.4, 0.5) is 0 Å². The average Bonchev–Trinajstić information content (AvgIpc) is 3.23. The van der Waals surface area contributed by atoms with E-state index < -0.39 is 0 Å². The molecule has 0 aliphatic carbocycles. The highest BCUT2D eigenvalue weighted by molar-refractivity contribution is 5.78. The van der Waals surface area contributed by atoms with Crippen LogP contribution in [0.1, 0.15) is 11.3 Å². The Bertz CT molecular complexity index is 947. The van der Waals surface area contributed by atoms with Gasteiger partial charge in [-0.1, -0.05) is 47.6 Å². The van der Waals surface area contributed by atoms with E-state index in [0.717, 1.165) is 44.0 Å². The molecule has 2 heterocycles. The van der Waals surface area contributed by atoms with Crippen molar-refractivity contribution in [2.24, 2.45) is 0 Å². The standard InChI is InChI=1S/C23H25N3O3/c1-28-21-9-5-8-19(14-21)22-15-20(24-29-22)16-23(27)26-12-10-25(11-13-26)17-18-6-3-2-4-7-18/h2-9,14-15H,10-13,16-17H2,1H3. The molecule has 0 spiro atoms. The van der Waals surface area contributed by atoms with E-state index in [1.807, 2.05) is 41.3 Å². The first kappa shape index (κ1) is 19.2. The Morgan fingerprint density at radius 1 is 1.03 bits per heavy atom. The molecular weight excluding hydrogens is 366 g/mol. The van der Waals surface area contributed by atoms with Gasteiger partial charge in [0.25, 0.3) is 0 Å². The van der Waals surface area contributed by atoms with Crippen molar-refractivity contribution in [3.8, 4) is 17.1 Å². The number of ether oxygens (including phenoxy) is 1. The molecule has 6 nitrogen and oxygen atoms in total. The molecule has 1 aliphatic rings. The van der Waals surface area contributed by atoms with Gasteiger partial charge in [-0.3, -0.25) is 9.69 Å². The van der Waals surface area contributed by atoms with Crippen LogP contribution in [-0.2, 0) is 17.8 Å². The number of amides is 1. The lowest BCUT2D eigenvalue weighted by atomic mass is 10.1. The maximum Gasteiger partial charge on any atom is 0.228 e. The van der Waals surface area contributed by atoms with Crippen molar-refractivity contribution in [1.82, 2.24) is 15.0 Å². The molecule has 0 N–H and O–H groups in total. The molecule has 29 heavy (non-hydrogen) atoms. The molecule has 3 aromatic rings. The lowest BCUT2D eigenvalue weighted by molar-refractivity contribution is -0.132. The zero-order valence-electron chi connectivity index (χ0n) is 16.6. The van der Waals surface area contributed by atoms with Crippen molar-refractivity contribution < 1.29 is 14.1 Å². The van der Waals surface area contributed by atoms with E-state index in [1.165, 1.54) is 5.56 Å². The third-order valence-electron chi connectivity index (χ3n) is 5.22. The Balaban J connectivity index is 1.30. The average molecular weight is 391 g/mol. The first-order chi connectivity index (χ1) is 14.2. The van der Waals surface area contributed by atoms with Crippen LogP contribution in [-0.4, -0.2) is 54.2 Å². The number of hydrogen-bond acceptors (Lipinski definition) is 5. The minimum Gasteiger partial charge on any atom is -0.497 e. The van der Waals surface area contributed by atoms with Crippen molar-refractivity contribution in [2.75, 3.05) is 33.3 Å². The van der Waals surface area contributed by atoms with Crippen molar-refractivity contribution in [2.45, 2.75) is 13.0 Å². The van der Waals surface area contributed by atoms with Crippen molar-refractivity contribution in [3.63, 3.8) is 0 Å². The van der Waals surface area contributed by atoms with Gasteiger partial charge in [0, 0.05) is 44.4 Å². The lowest BCUT2D eigenvalue weighted by Gasteiger charge is -2.34. The number of benzene rings is 2. The fraction of sp³-hybridized carbons (Fsp3) is 0.304. The van der Waals surface area contributed by atoms with Crippen LogP contribution >= 0.6 is 0 Å². The summed E-state index contributed by atoms with van der Waals surface area (Å²) in [6, 6.07) is 19.9. The van der Waals surface area contributed by atoms with E-state index >= 15 is 0 Å². The second-order valence-electron chi connectivity index (χ2n) is 7.23. The Labute approximate surface area is 170 Å². The van der Waals surface area contributed by atoms with Gasteiger partial charge in [0.1, 0.15) is 5.75 Å². The summed E-state index contributed by atoms with van der Waals surface area (Å²) in [4.78, 5) is 17.0. The van der Waals surface area contributed by atoms with Gasteiger partial charge in [0.2, 0.25) is 5.91 Å². The summed E-state index contributed by atoms with van der Waals surface area (Å²) in [5, 5.41) is 4.08. The number of rotatable bonds is 6. The van der Waals surface area contributed by atoms with E-state index in [0.29, 0.717) is 11.5 Å². The lowest BCUT2D eigenvalue weighted by Crippen LogP contribution is -2.48. The van der Waals surface area contributed by atoms with Gasteiger partial charge >= 0.3 is 0 Å². The molecule has 0 bridgehead atoms. The van der Waals surface area contributed by atoms with Gasteiger partial charge < -0.3 is 14.2 Å². The zero-order chi connectivity index (χ0) is 20.1. The van der Waals surface area contributed by atoms with E-state index in [2.05, 4.69) is 34.3 Å². The summed E-state index contributed by atoms with van der Waals surface area (Å²) >= 11 is 0. The largest absolute Gasteiger partial charge is 0.497 e. The molecular formula is C23H25N3O3. The third kappa shape index (κ3) is 4.84. The van der Waals surface area contributed by atoms with Gasteiger partial charge in [-0.05, 0) is 17.7 Å². The fourth-order valence-electron chi connectivity index (χ4n) is 3.57. The van der Waals surface area contributed by atoms with Crippen LogP contribution in [0.15, 0.2) is 65.2 Å². The summed E-state index contributed by atoms with van der Waals surface area (Å²) < 4.78 is 10.7. The topological polar surface area (TPSA) is 58.8 Å². The van der Waals surface area contributed by atoms with E-state index in [1.54, 1.807) is 7.11 Å². The van der Waals surface area contributed by atoms with E-state index in [9.17, 15) is 4.79 Å². The molecule has 0 atom stereocenters. The monoisotopic (exact) mass is 391 g/mol. The molecule has 4 rings (SSSR count). The number of aromatic nitrogens is 1. The summed E-state index contributed by atoms with van der Waals surface area (Å²) in [6.07, 6.45) is 0.256. The highest BCUT2D eigenvalue weighted by Gasteiger charge is 2.22. The summed E-state index contributed by atoms with van der Waals surface area (Å²) in [6.45, 7) is 4.18. The summed E-state index contributed by atoms with van der Waals surface area (Å²) in [5.74, 6) is 1.49. The molecule has 150 valence electrons. The third-order valence-corrected chi connectivity index (χ3v) is 5.22. The van der Waals surface area contributed by atoms with Gasteiger partial charge in [-0.25, -0.2) is 0 Å². The van der Waals surface area contributed by atoms with Gasteiger partial charge in [-0.2, -0.15) is 0 Å².